The number of hydrogen-bond donors (Lipinski definition) is 1. The van der Waals surface area contributed by atoms with E-state index in [9.17, 15) is 4.79 Å². The van der Waals surface area contributed by atoms with Gasteiger partial charge in [-0.15, -0.1) is 0 Å². The SMILES string of the molecule is CCOc1cccc([C@H](C)NC(=O)[C@@H](Br)C(C)C)c1. The number of benzene rings is 1. The molecule has 0 fully saturated rings. The van der Waals surface area contributed by atoms with Gasteiger partial charge in [0.25, 0.3) is 0 Å². The van der Waals surface area contributed by atoms with E-state index < -0.39 is 0 Å². The smallest absolute Gasteiger partial charge is 0.234 e. The molecule has 1 rings (SSSR count). The van der Waals surface area contributed by atoms with Crippen LogP contribution in [0.4, 0.5) is 0 Å². The van der Waals surface area contributed by atoms with Crippen molar-refractivity contribution in [1.82, 2.24) is 5.32 Å². The van der Waals surface area contributed by atoms with Gasteiger partial charge < -0.3 is 10.1 Å². The summed E-state index contributed by atoms with van der Waals surface area (Å²) in [6.07, 6.45) is 0. The maximum Gasteiger partial charge on any atom is 0.234 e. The highest BCUT2D eigenvalue weighted by Gasteiger charge is 2.20. The quantitative estimate of drug-likeness (QED) is 0.809. The fourth-order valence-corrected chi connectivity index (χ4v) is 1.85. The second-order valence-corrected chi connectivity index (χ2v) is 5.87. The van der Waals surface area contributed by atoms with Crippen LogP contribution < -0.4 is 10.1 Å². The number of nitrogens with one attached hydrogen (secondary N) is 1. The minimum absolute atomic E-state index is 0.0179. The van der Waals surface area contributed by atoms with E-state index >= 15 is 0 Å². The van der Waals surface area contributed by atoms with Gasteiger partial charge in [-0.3, -0.25) is 4.79 Å². The molecule has 1 N–H and O–H groups in total. The van der Waals surface area contributed by atoms with Crippen molar-refractivity contribution in [3.63, 3.8) is 0 Å². The third-order valence-electron chi connectivity index (χ3n) is 2.86. The summed E-state index contributed by atoms with van der Waals surface area (Å²) >= 11 is 3.41. The minimum atomic E-state index is -0.162. The van der Waals surface area contributed by atoms with Crippen LogP contribution in [0.5, 0.6) is 5.75 Å². The Morgan fingerprint density at radius 2 is 2.05 bits per heavy atom. The van der Waals surface area contributed by atoms with Crippen LogP contribution in [0, 0.1) is 5.92 Å². The lowest BCUT2D eigenvalue weighted by atomic mass is 10.1. The maximum atomic E-state index is 12.0. The molecule has 0 radical (unpaired) electrons. The average Bonchev–Trinajstić information content (AvgIpc) is 2.38. The zero-order chi connectivity index (χ0) is 14.4. The number of halogens is 1. The number of hydrogen-bond acceptors (Lipinski definition) is 2. The highest BCUT2D eigenvalue weighted by molar-refractivity contribution is 9.10. The first-order valence-corrected chi connectivity index (χ1v) is 7.54. The summed E-state index contributed by atoms with van der Waals surface area (Å²) in [4.78, 5) is 11.8. The van der Waals surface area contributed by atoms with Crippen LogP contribution in [0.2, 0.25) is 0 Å². The van der Waals surface area contributed by atoms with Gasteiger partial charge in [-0.25, -0.2) is 0 Å². The Morgan fingerprint density at radius 1 is 1.37 bits per heavy atom. The summed E-state index contributed by atoms with van der Waals surface area (Å²) < 4.78 is 5.47. The Labute approximate surface area is 123 Å². The normalized spacial score (nSPS) is 14.0. The molecule has 3 nitrogen and oxygen atoms in total. The van der Waals surface area contributed by atoms with E-state index in [2.05, 4.69) is 21.2 Å². The van der Waals surface area contributed by atoms with Crippen LogP contribution in [0.25, 0.3) is 0 Å². The summed E-state index contributed by atoms with van der Waals surface area (Å²) in [5.74, 6) is 1.12. The predicted molar refractivity (Wildman–Crippen MR) is 81.7 cm³/mol. The Morgan fingerprint density at radius 3 is 2.63 bits per heavy atom. The molecule has 4 heteroatoms. The van der Waals surface area contributed by atoms with Crippen molar-refractivity contribution in [3.8, 4) is 5.75 Å². The van der Waals surface area contributed by atoms with Gasteiger partial charge in [-0.05, 0) is 37.5 Å². The third kappa shape index (κ3) is 4.86. The number of alkyl halides is 1. The molecule has 0 aliphatic heterocycles. The van der Waals surface area contributed by atoms with Crippen LogP contribution in [-0.2, 0) is 4.79 Å². The van der Waals surface area contributed by atoms with Gasteiger partial charge in [0.15, 0.2) is 0 Å². The van der Waals surface area contributed by atoms with Crippen molar-refractivity contribution >= 4 is 21.8 Å². The largest absolute Gasteiger partial charge is 0.494 e. The monoisotopic (exact) mass is 327 g/mol. The predicted octanol–water partition coefficient (Wildman–Crippen LogP) is 3.68. The molecule has 0 aliphatic rings. The van der Waals surface area contributed by atoms with Crippen LogP contribution in [0.3, 0.4) is 0 Å². The van der Waals surface area contributed by atoms with Crippen LogP contribution in [0.15, 0.2) is 24.3 Å². The molecular weight excluding hydrogens is 306 g/mol. The Bertz CT molecular complexity index is 420. The highest BCUT2D eigenvalue weighted by atomic mass is 79.9. The molecule has 0 saturated carbocycles. The Hall–Kier alpha value is -1.03. The summed E-state index contributed by atoms with van der Waals surface area (Å²) in [5, 5.41) is 3.01. The molecule has 106 valence electrons. The van der Waals surface area contributed by atoms with E-state index in [1.807, 2.05) is 52.0 Å². The lowest BCUT2D eigenvalue weighted by Gasteiger charge is -2.19. The van der Waals surface area contributed by atoms with Gasteiger partial charge in [0.05, 0.1) is 17.5 Å². The van der Waals surface area contributed by atoms with E-state index in [1.165, 1.54) is 0 Å². The Balaban J connectivity index is 2.69. The van der Waals surface area contributed by atoms with E-state index in [4.69, 9.17) is 4.74 Å². The second kappa shape index (κ2) is 7.53. The fourth-order valence-electron chi connectivity index (χ4n) is 1.72. The molecule has 2 atom stereocenters. The van der Waals surface area contributed by atoms with Crippen molar-refractivity contribution in [3.05, 3.63) is 29.8 Å². The molecule has 19 heavy (non-hydrogen) atoms. The zero-order valence-electron chi connectivity index (χ0n) is 11.9. The van der Waals surface area contributed by atoms with Crippen molar-refractivity contribution in [2.24, 2.45) is 5.92 Å². The number of carbonyl (C=O) groups excluding carboxylic acids is 1. The summed E-state index contributed by atoms with van der Waals surface area (Å²) in [7, 11) is 0. The van der Waals surface area contributed by atoms with Gasteiger partial charge in [0.1, 0.15) is 5.75 Å². The molecule has 0 spiro atoms. The van der Waals surface area contributed by atoms with Gasteiger partial charge in [0, 0.05) is 0 Å². The number of rotatable bonds is 6. The topological polar surface area (TPSA) is 38.3 Å². The van der Waals surface area contributed by atoms with Crippen molar-refractivity contribution < 1.29 is 9.53 Å². The van der Waals surface area contributed by atoms with E-state index in [1.54, 1.807) is 0 Å². The van der Waals surface area contributed by atoms with Gasteiger partial charge in [0.2, 0.25) is 5.91 Å². The number of carbonyl (C=O) groups is 1. The molecule has 1 amide bonds. The molecule has 1 aromatic rings. The summed E-state index contributed by atoms with van der Waals surface area (Å²) in [6, 6.07) is 7.78. The maximum absolute atomic E-state index is 12.0. The highest BCUT2D eigenvalue weighted by Crippen LogP contribution is 2.20. The van der Waals surface area contributed by atoms with E-state index in [0.29, 0.717) is 6.61 Å². The number of amides is 1. The first-order valence-electron chi connectivity index (χ1n) is 6.63. The summed E-state index contributed by atoms with van der Waals surface area (Å²) in [6.45, 7) is 8.60. The Kier molecular flexibility index (Phi) is 6.35. The summed E-state index contributed by atoms with van der Waals surface area (Å²) in [5.41, 5.74) is 1.04. The number of ether oxygens (including phenoxy) is 1. The van der Waals surface area contributed by atoms with Crippen molar-refractivity contribution in [2.45, 2.75) is 38.6 Å². The first kappa shape index (κ1) is 16.0. The fraction of sp³-hybridized carbons (Fsp3) is 0.533. The van der Waals surface area contributed by atoms with Gasteiger partial charge >= 0.3 is 0 Å². The lowest BCUT2D eigenvalue weighted by molar-refractivity contribution is -0.121. The van der Waals surface area contributed by atoms with Gasteiger partial charge in [-0.1, -0.05) is 41.9 Å². The molecular formula is C15H22BrNO2. The molecule has 0 bridgehead atoms. The van der Waals surface area contributed by atoms with Crippen LogP contribution >= 0.6 is 15.9 Å². The molecule has 0 saturated heterocycles. The van der Waals surface area contributed by atoms with Crippen LogP contribution in [-0.4, -0.2) is 17.3 Å². The van der Waals surface area contributed by atoms with Gasteiger partial charge in [-0.2, -0.15) is 0 Å². The third-order valence-corrected chi connectivity index (χ3v) is 4.34. The van der Waals surface area contributed by atoms with E-state index in [0.717, 1.165) is 11.3 Å². The first-order chi connectivity index (χ1) is 8.95. The zero-order valence-corrected chi connectivity index (χ0v) is 13.5. The molecule has 0 aromatic heterocycles. The van der Waals surface area contributed by atoms with Crippen molar-refractivity contribution in [2.75, 3.05) is 6.61 Å². The molecule has 0 unspecified atom stereocenters. The minimum Gasteiger partial charge on any atom is -0.494 e. The molecule has 0 aliphatic carbocycles. The lowest BCUT2D eigenvalue weighted by Crippen LogP contribution is -2.35. The molecule has 0 heterocycles. The van der Waals surface area contributed by atoms with Crippen LogP contribution in [0.1, 0.15) is 39.3 Å². The standard InChI is InChI=1S/C15H22BrNO2/c1-5-19-13-8-6-7-12(9-13)11(4)17-15(18)14(16)10(2)3/h6-11,14H,5H2,1-4H3,(H,17,18)/t11-,14-/m0/s1. The molecule has 1 aromatic carbocycles. The second-order valence-electron chi connectivity index (χ2n) is 4.88. The van der Waals surface area contributed by atoms with Crippen molar-refractivity contribution in [1.29, 1.82) is 0 Å². The average molecular weight is 328 g/mol. The van der Waals surface area contributed by atoms with E-state index in [-0.39, 0.29) is 22.7 Å².